The van der Waals surface area contributed by atoms with E-state index < -0.39 is 5.92 Å². The second-order valence-corrected chi connectivity index (χ2v) is 6.30. The van der Waals surface area contributed by atoms with Crippen LogP contribution in [0.15, 0.2) is 30.3 Å². The highest BCUT2D eigenvalue weighted by atomic mass is 16.5. The van der Waals surface area contributed by atoms with Crippen LogP contribution in [0, 0.1) is 5.92 Å². The summed E-state index contributed by atoms with van der Waals surface area (Å²) in [6.07, 6.45) is 1.34. The van der Waals surface area contributed by atoms with Crippen LogP contribution in [0.2, 0.25) is 0 Å². The minimum absolute atomic E-state index is 0.210. The third-order valence-corrected chi connectivity index (χ3v) is 4.48. The quantitative estimate of drug-likeness (QED) is 0.648. The molecule has 1 unspecified atom stereocenters. The molecule has 0 saturated carbocycles. The first-order valence-electron chi connectivity index (χ1n) is 8.94. The predicted molar refractivity (Wildman–Crippen MR) is 96.6 cm³/mol. The van der Waals surface area contributed by atoms with Gasteiger partial charge in [0.25, 0.3) is 5.91 Å². The van der Waals surface area contributed by atoms with E-state index in [9.17, 15) is 9.59 Å². The van der Waals surface area contributed by atoms with Crippen molar-refractivity contribution in [3.8, 4) is 0 Å². The van der Waals surface area contributed by atoms with Crippen molar-refractivity contribution in [3.63, 3.8) is 0 Å². The molecule has 2 heterocycles. The Labute approximate surface area is 152 Å². The van der Waals surface area contributed by atoms with Crippen molar-refractivity contribution >= 4 is 11.9 Å². The molecule has 7 nitrogen and oxygen atoms in total. The van der Waals surface area contributed by atoms with Crippen molar-refractivity contribution in [2.75, 3.05) is 19.7 Å². The van der Waals surface area contributed by atoms with Crippen LogP contribution in [0.25, 0.3) is 0 Å². The van der Waals surface area contributed by atoms with Crippen LogP contribution in [0.5, 0.6) is 0 Å². The third-order valence-electron chi connectivity index (χ3n) is 4.48. The molecule has 1 aliphatic heterocycles. The van der Waals surface area contributed by atoms with Gasteiger partial charge in [-0.25, -0.2) is 0 Å². The fraction of sp³-hybridized carbons (Fsp3) is 0.421. The molecule has 0 aliphatic carbocycles. The molecule has 1 aliphatic rings. The summed E-state index contributed by atoms with van der Waals surface area (Å²) < 4.78 is 5.17. The monoisotopic (exact) mass is 356 g/mol. The topological polar surface area (TPSA) is 96.1 Å². The number of hydrogen-bond donors (Lipinski definition) is 3. The van der Waals surface area contributed by atoms with Gasteiger partial charge < -0.3 is 15.4 Å². The molecule has 0 spiro atoms. The lowest BCUT2D eigenvalue weighted by molar-refractivity contribution is -0.147. The van der Waals surface area contributed by atoms with E-state index in [4.69, 9.17) is 4.74 Å². The smallest absolute Gasteiger partial charge is 0.311 e. The minimum atomic E-state index is -0.436. The van der Waals surface area contributed by atoms with Crippen molar-refractivity contribution in [3.05, 3.63) is 52.8 Å². The van der Waals surface area contributed by atoms with E-state index in [1.165, 1.54) is 0 Å². The largest absolute Gasteiger partial charge is 0.466 e. The van der Waals surface area contributed by atoms with Gasteiger partial charge in [0, 0.05) is 37.3 Å². The lowest BCUT2D eigenvalue weighted by Gasteiger charge is -2.17. The zero-order valence-electron chi connectivity index (χ0n) is 14.9. The molecule has 26 heavy (non-hydrogen) atoms. The maximum atomic E-state index is 12.5. The number of aromatic amines is 1. The summed E-state index contributed by atoms with van der Waals surface area (Å²) in [5.74, 6) is -1.01. The zero-order chi connectivity index (χ0) is 18.4. The number of ether oxygens (including phenoxy) is 1. The number of carbonyl (C=O) groups is 2. The van der Waals surface area contributed by atoms with Gasteiger partial charge in [-0.2, -0.15) is 5.10 Å². The summed E-state index contributed by atoms with van der Waals surface area (Å²) in [6.45, 7) is 3.80. The molecular weight excluding hydrogens is 332 g/mol. The zero-order valence-corrected chi connectivity index (χ0v) is 14.9. The van der Waals surface area contributed by atoms with E-state index in [1.54, 1.807) is 6.92 Å². The molecule has 1 aromatic heterocycles. The van der Waals surface area contributed by atoms with Gasteiger partial charge in [0.2, 0.25) is 0 Å². The summed E-state index contributed by atoms with van der Waals surface area (Å²) in [6, 6.07) is 9.71. The normalized spacial score (nSPS) is 14.3. The average molecular weight is 356 g/mol. The molecule has 0 saturated heterocycles. The Morgan fingerprint density at radius 3 is 2.88 bits per heavy atom. The summed E-state index contributed by atoms with van der Waals surface area (Å²) in [5, 5.41) is 13.2. The van der Waals surface area contributed by atoms with Crippen molar-refractivity contribution < 1.29 is 14.3 Å². The van der Waals surface area contributed by atoms with Gasteiger partial charge in [0.05, 0.1) is 12.5 Å². The Balaban J connectivity index is 1.66. The van der Waals surface area contributed by atoms with Gasteiger partial charge in [0.1, 0.15) is 0 Å². The number of nitrogens with zero attached hydrogens (tertiary/aromatic N) is 1. The molecule has 0 bridgehead atoms. The van der Waals surface area contributed by atoms with Crippen LogP contribution >= 0.6 is 0 Å². The highest BCUT2D eigenvalue weighted by molar-refractivity contribution is 5.94. The number of benzene rings is 1. The lowest BCUT2D eigenvalue weighted by Crippen LogP contribution is -2.36. The van der Waals surface area contributed by atoms with Crippen LogP contribution in [0.3, 0.4) is 0 Å². The number of rotatable bonds is 7. The van der Waals surface area contributed by atoms with E-state index in [-0.39, 0.29) is 18.4 Å². The van der Waals surface area contributed by atoms with Crippen LogP contribution in [0.4, 0.5) is 0 Å². The second-order valence-electron chi connectivity index (χ2n) is 6.30. The molecule has 3 rings (SSSR count). The van der Waals surface area contributed by atoms with Crippen LogP contribution in [-0.4, -0.2) is 41.8 Å². The van der Waals surface area contributed by atoms with E-state index in [2.05, 4.69) is 20.8 Å². The fourth-order valence-corrected chi connectivity index (χ4v) is 3.11. The first kappa shape index (κ1) is 18.1. The molecular formula is C19H24N4O3. The van der Waals surface area contributed by atoms with Crippen molar-refractivity contribution in [2.45, 2.75) is 26.3 Å². The SMILES string of the molecule is CCOC(=O)C(CNC(=O)c1n[nH]c2c1CNCC2)Cc1ccccc1. The van der Waals surface area contributed by atoms with Gasteiger partial charge in [0.15, 0.2) is 5.69 Å². The van der Waals surface area contributed by atoms with E-state index in [0.717, 1.165) is 29.8 Å². The third kappa shape index (κ3) is 4.29. The van der Waals surface area contributed by atoms with Gasteiger partial charge >= 0.3 is 5.97 Å². The van der Waals surface area contributed by atoms with E-state index in [0.29, 0.717) is 25.3 Å². The highest BCUT2D eigenvalue weighted by Crippen LogP contribution is 2.16. The Bertz CT molecular complexity index is 757. The lowest BCUT2D eigenvalue weighted by atomic mass is 9.99. The Morgan fingerprint density at radius 2 is 2.12 bits per heavy atom. The second kappa shape index (κ2) is 8.62. The summed E-state index contributed by atoms with van der Waals surface area (Å²) in [5.41, 5.74) is 3.33. The first-order valence-corrected chi connectivity index (χ1v) is 8.94. The molecule has 2 aromatic rings. The Hall–Kier alpha value is -2.67. The summed E-state index contributed by atoms with van der Waals surface area (Å²) in [4.78, 5) is 24.8. The van der Waals surface area contributed by atoms with Crippen LogP contribution in [-0.2, 0) is 28.9 Å². The number of hydrogen-bond acceptors (Lipinski definition) is 5. The molecule has 3 N–H and O–H groups in total. The van der Waals surface area contributed by atoms with Crippen molar-refractivity contribution in [1.82, 2.24) is 20.8 Å². The summed E-state index contributed by atoms with van der Waals surface area (Å²) >= 11 is 0. The van der Waals surface area contributed by atoms with Crippen molar-refractivity contribution in [2.24, 2.45) is 5.92 Å². The molecule has 138 valence electrons. The number of esters is 1. The van der Waals surface area contributed by atoms with Crippen molar-refractivity contribution in [1.29, 1.82) is 0 Å². The number of fused-ring (bicyclic) bond motifs is 1. The average Bonchev–Trinajstić information content (AvgIpc) is 3.10. The molecule has 7 heteroatoms. The molecule has 0 fully saturated rings. The maximum absolute atomic E-state index is 12.5. The van der Waals surface area contributed by atoms with Gasteiger partial charge in [-0.3, -0.25) is 14.7 Å². The van der Waals surface area contributed by atoms with Gasteiger partial charge in [-0.1, -0.05) is 30.3 Å². The number of carbonyl (C=O) groups excluding carboxylic acids is 2. The molecule has 1 aromatic carbocycles. The highest BCUT2D eigenvalue weighted by Gasteiger charge is 2.25. The predicted octanol–water partition coefficient (Wildman–Crippen LogP) is 1.21. The van der Waals surface area contributed by atoms with Gasteiger partial charge in [-0.15, -0.1) is 0 Å². The Morgan fingerprint density at radius 1 is 1.31 bits per heavy atom. The van der Waals surface area contributed by atoms with Gasteiger partial charge in [-0.05, 0) is 18.9 Å². The number of H-pyrrole nitrogens is 1. The molecule has 0 radical (unpaired) electrons. The standard InChI is InChI=1S/C19H24N4O3/c1-2-26-19(25)14(10-13-6-4-3-5-7-13)11-21-18(24)17-15-12-20-9-8-16(15)22-23-17/h3-7,14,20H,2,8-12H2,1H3,(H,21,24)(H,22,23). The molecule has 1 atom stereocenters. The number of nitrogens with one attached hydrogen (secondary N) is 3. The van der Waals surface area contributed by atoms with Crippen LogP contribution in [0.1, 0.15) is 34.2 Å². The molecule has 1 amide bonds. The van der Waals surface area contributed by atoms with E-state index >= 15 is 0 Å². The fourth-order valence-electron chi connectivity index (χ4n) is 3.11. The summed E-state index contributed by atoms with van der Waals surface area (Å²) in [7, 11) is 0. The number of aromatic nitrogens is 2. The van der Waals surface area contributed by atoms with Crippen LogP contribution < -0.4 is 10.6 Å². The maximum Gasteiger partial charge on any atom is 0.311 e. The number of amides is 1. The minimum Gasteiger partial charge on any atom is -0.466 e. The first-order chi connectivity index (χ1) is 12.7. The Kier molecular flexibility index (Phi) is 6.01. The van der Waals surface area contributed by atoms with E-state index in [1.807, 2.05) is 30.3 Å².